The number of carbonyl (C=O) groups excluding carboxylic acids is 3. The molecule has 1 aromatic carbocycles. The average Bonchev–Trinajstić information content (AvgIpc) is 3.06. The summed E-state index contributed by atoms with van der Waals surface area (Å²) in [7, 11) is 1.44. The molecule has 10 nitrogen and oxygen atoms in total. The van der Waals surface area contributed by atoms with Crippen LogP contribution >= 0.6 is 0 Å². The van der Waals surface area contributed by atoms with E-state index in [0.717, 1.165) is 11.3 Å². The van der Waals surface area contributed by atoms with Crippen molar-refractivity contribution in [3.05, 3.63) is 40.8 Å². The molecule has 1 heterocycles. The number of hydrogen-bond donors (Lipinski definition) is 2. The molecule has 0 bridgehead atoms. The molecule has 0 radical (unpaired) electrons. The van der Waals surface area contributed by atoms with Gasteiger partial charge in [0.25, 0.3) is 5.91 Å². The second-order valence-corrected chi connectivity index (χ2v) is 7.19. The fourth-order valence-corrected chi connectivity index (χ4v) is 2.49. The lowest BCUT2D eigenvalue weighted by atomic mass is 10.2. The second kappa shape index (κ2) is 11.0. The van der Waals surface area contributed by atoms with Crippen molar-refractivity contribution in [2.75, 3.05) is 20.3 Å². The smallest absolute Gasteiger partial charge is 0.338 e. The molecule has 168 valence electrons. The fraction of sp³-hybridized carbons (Fsp3) is 0.429. The van der Waals surface area contributed by atoms with E-state index in [1.165, 1.54) is 19.2 Å². The molecule has 2 N–H and O–H groups in total. The van der Waals surface area contributed by atoms with Crippen LogP contribution in [0.2, 0.25) is 0 Å². The summed E-state index contributed by atoms with van der Waals surface area (Å²) < 4.78 is 21.1. The number of urea groups is 1. The van der Waals surface area contributed by atoms with Crippen molar-refractivity contribution >= 4 is 17.9 Å². The van der Waals surface area contributed by atoms with Crippen LogP contribution in [0.4, 0.5) is 4.79 Å². The Hall–Kier alpha value is -3.56. The number of esters is 1. The van der Waals surface area contributed by atoms with Gasteiger partial charge in [0.05, 0.1) is 23.9 Å². The zero-order chi connectivity index (χ0) is 23.0. The zero-order valence-electron chi connectivity index (χ0n) is 18.2. The molecule has 0 unspecified atom stereocenters. The zero-order valence-corrected chi connectivity index (χ0v) is 18.2. The summed E-state index contributed by atoms with van der Waals surface area (Å²) in [5, 5.41) is 8.49. The van der Waals surface area contributed by atoms with Gasteiger partial charge >= 0.3 is 12.0 Å². The molecular weight excluding hydrogens is 406 g/mol. The Kier molecular flexibility index (Phi) is 8.42. The lowest BCUT2D eigenvalue weighted by Crippen LogP contribution is -2.42. The molecule has 3 amide bonds. The van der Waals surface area contributed by atoms with Crippen LogP contribution in [0.1, 0.15) is 41.2 Å². The number of aromatic nitrogens is 1. The highest BCUT2D eigenvalue weighted by Crippen LogP contribution is 2.29. The standard InChI is InChI=1S/C21H27N3O7/c1-12(2)9-22-21(27)23-19(25)11-30-20(26)15-6-7-17(18(8-15)28-5)29-10-16-13(3)24-31-14(16)4/h6-8,12H,9-11H2,1-5H3,(H2,22,23,25,27). The Labute approximate surface area is 180 Å². The lowest BCUT2D eigenvalue weighted by Gasteiger charge is -2.12. The first-order valence-corrected chi connectivity index (χ1v) is 9.68. The van der Waals surface area contributed by atoms with Crippen molar-refractivity contribution in [3.63, 3.8) is 0 Å². The number of benzene rings is 1. The number of aryl methyl sites for hydroxylation is 2. The SMILES string of the molecule is COc1cc(C(=O)OCC(=O)NC(=O)NCC(C)C)ccc1OCc1c(C)noc1C. The summed E-state index contributed by atoms with van der Waals surface area (Å²) in [4.78, 5) is 35.6. The van der Waals surface area contributed by atoms with Crippen molar-refractivity contribution in [3.8, 4) is 11.5 Å². The normalized spacial score (nSPS) is 10.5. The third-order valence-electron chi connectivity index (χ3n) is 4.21. The van der Waals surface area contributed by atoms with Crippen molar-refractivity contribution < 1.29 is 33.1 Å². The highest BCUT2D eigenvalue weighted by atomic mass is 16.5. The van der Waals surface area contributed by atoms with Gasteiger partial charge in [0.1, 0.15) is 12.4 Å². The molecule has 10 heteroatoms. The maximum atomic E-state index is 12.2. The predicted molar refractivity (Wildman–Crippen MR) is 110 cm³/mol. The van der Waals surface area contributed by atoms with Crippen LogP contribution in [0, 0.1) is 19.8 Å². The Morgan fingerprint density at radius 1 is 1.16 bits per heavy atom. The van der Waals surface area contributed by atoms with E-state index in [4.69, 9.17) is 18.7 Å². The number of carbonyl (C=O) groups is 3. The van der Waals surface area contributed by atoms with Crippen LogP contribution in [0.3, 0.4) is 0 Å². The first-order valence-electron chi connectivity index (χ1n) is 9.68. The fourth-order valence-electron chi connectivity index (χ4n) is 2.49. The molecular formula is C21H27N3O7. The van der Waals surface area contributed by atoms with E-state index in [0.29, 0.717) is 23.8 Å². The topological polar surface area (TPSA) is 129 Å². The van der Waals surface area contributed by atoms with Crippen LogP contribution in [0.25, 0.3) is 0 Å². The Morgan fingerprint density at radius 3 is 2.52 bits per heavy atom. The predicted octanol–water partition coefficient (Wildman–Crippen LogP) is 2.52. The molecule has 0 fully saturated rings. The van der Waals surface area contributed by atoms with Gasteiger partial charge in [-0.2, -0.15) is 0 Å². The van der Waals surface area contributed by atoms with E-state index < -0.39 is 24.5 Å². The molecule has 0 spiro atoms. The van der Waals surface area contributed by atoms with E-state index in [-0.39, 0.29) is 18.1 Å². The lowest BCUT2D eigenvalue weighted by molar-refractivity contribution is -0.123. The van der Waals surface area contributed by atoms with Gasteiger partial charge in [0.2, 0.25) is 0 Å². The molecule has 0 saturated carbocycles. The minimum atomic E-state index is -0.742. The molecule has 31 heavy (non-hydrogen) atoms. The molecule has 0 aliphatic heterocycles. The van der Waals surface area contributed by atoms with Gasteiger partial charge in [-0.25, -0.2) is 9.59 Å². The molecule has 2 rings (SSSR count). The molecule has 0 aliphatic carbocycles. The van der Waals surface area contributed by atoms with Crippen LogP contribution in [0.15, 0.2) is 22.7 Å². The first-order chi connectivity index (χ1) is 14.7. The summed E-state index contributed by atoms with van der Waals surface area (Å²) in [5.74, 6) is 0.157. The van der Waals surface area contributed by atoms with Gasteiger partial charge in [0, 0.05) is 6.54 Å². The first kappa shape index (κ1) is 23.7. The van der Waals surface area contributed by atoms with Gasteiger partial charge in [-0.15, -0.1) is 0 Å². The van der Waals surface area contributed by atoms with Crippen LogP contribution in [0.5, 0.6) is 11.5 Å². The van der Waals surface area contributed by atoms with Gasteiger partial charge in [-0.3, -0.25) is 10.1 Å². The van der Waals surface area contributed by atoms with Crippen molar-refractivity contribution in [2.24, 2.45) is 5.92 Å². The van der Waals surface area contributed by atoms with E-state index in [9.17, 15) is 14.4 Å². The minimum absolute atomic E-state index is 0.165. The molecule has 1 aromatic heterocycles. The third kappa shape index (κ3) is 7.02. The minimum Gasteiger partial charge on any atom is -0.493 e. The summed E-state index contributed by atoms with van der Waals surface area (Å²) in [6, 6.07) is 3.85. The van der Waals surface area contributed by atoms with E-state index in [1.807, 2.05) is 20.8 Å². The number of rotatable bonds is 9. The van der Waals surface area contributed by atoms with E-state index >= 15 is 0 Å². The highest BCUT2D eigenvalue weighted by Gasteiger charge is 2.16. The van der Waals surface area contributed by atoms with E-state index in [2.05, 4.69) is 15.8 Å². The van der Waals surface area contributed by atoms with Gasteiger partial charge in [-0.05, 0) is 38.0 Å². The van der Waals surface area contributed by atoms with Crippen LogP contribution in [-0.2, 0) is 16.1 Å². The average molecular weight is 433 g/mol. The summed E-state index contributed by atoms with van der Waals surface area (Å²) >= 11 is 0. The summed E-state index contributed by atoms with van der Waals surface area (Å²) in [6.07, 6.45) is 0. The number of nitrogens with zero attached hydrogens (tertiary/aromatic N) is 1. The largest absolute Gasteiger partial charge is 0.493 e. The quantitative estimate of drug-likeness (QED) is 0.577. The number of ether oxygens (including phenoxy) is 3. The third-order valence-corrected chi connectivity index (χ3v) is 4.21. The summed E-state index contributed by atoms with van der Waals surface area (Å²) in [6.45, 7) is 7.50. The van der Waals surface area contributed by atoms with Gasteiger partial charge in [0.15, 0.2) is 18.1 Å². The monoisotopic (exact) mass is 433 g/mol. The number of hydrogen-bond acceptors (Lipinski definition) is 8. The molecule has 0 saturated heterocycles. The number of imide groups is 1. The number of methoxy groups -OCH3 is 1. The molecule has 0 aliphatic rings. The van der Waals surface area contributed by atoms with Crippen molar-refractivity contribution in [1.82, 2.24) is 15.8 Å². The van der Waals surface area contributed by atoms with Crippen molar-refractivity contribution in [1.29, 1.82) is 0 Å². The highest BCUT2D eigenvalue weighted by molar-refractivity contribution is 5.97. The Morgan fingerprint density at radius 2 is 1.90 bits per heavy atom. The van der Waals surface area contributed by atoms with Gasteiger partial charge in [-0.1, -0.05) is 19.0 Å². The molecule has 0 atom stereocenters. The Balaban J connectivity index is 1.91. The van der Waals surface area contributed by atoms with E-state index in [1.54, 1.807) is 13.0 Å². The Bertz CT molecular complexity index is 918. The van der Waals surface area contributed by atoms with Crippen LogP contribution in [-0.4, -0.2) is 43.3 Å². The van der Waals surface area contributed by atoms with Crippen molar-refractivity contribution in [2.45, 2.75) is 34.3 Å². The maximum absolute atomic E-state index is 12.2. The summed E-state index contributed by atoms with van der Waals surface area (Å²) in [5.41, 5.74) is 1.72. The van der Waals surface area contributed by atoms with Crippen LogP contribution < -0.4 is 20.1 Å². The number of nitrogens with one attached hydrogen (secondary N) is 2. The number of amides is 3. The maximum Gasteiger partial charge on any atom is 0.338 e. The van der Waals surface area contributed by atoms with Gasteiger partial charge < -0.3 is 24.1 Å². The second-order valence-electron chi connectivity index (χ2n) is 7.19. The molecule has 2 aromatic rings.